The second kappa shape index (κ2) is 10.5. The second-order valence-corrected chi connectivity index (χ2v) is 7.42. The number of amides is 2. The fourth-order valence-corrected chi connectivity index (χ4v) is 3.84. The Labute approximate surface area is 182 Å². The molecule has 2 aromatic carbocycles. The molecule has 1 heterocycles. The maximum Gasteiger partial charge on any atom is 0.244 e. The molecule has 1 aliphatic heterocycles. The number of carbonyl (C=O) groups is 2. The molecular formula is C24H27N3O4. The Morgan fingerprint density at radius 3 is 2.58 bits per heavy atom. The first-order chi connectivity index (χ1) is 15.1. The number of ether oxygens (including phenoxy) is 2. The van der Waals surface area contributed by atoms with Gasteiger partial charge in [0.1, 0.15) is 12.1 Å². The monoisotopic (exact) mass is 421 g/mol. The van der Waals surface area contributed by atoms with Gasteiger partial charge in [0.15, 0.2) is 11.5 Å². The molecule has 162 valence electrons. The van der Waals surface area contributed by atoms with Crippen molar-refractivity contribution in [2.45, 2.75) is 37.8 Å². The Hall–Kier alpha value is -3.53. The van der Waals surface area contributed by atoms with E-state index in [1.54, 1.807) is 23.1 Å². The third-order valence-corrected chi connectivity index (χ3v) is 5.50. The lowest BCUT2D eigenvalue weighted by Gasteiger charge is -2.25. The zero-order chi connectivity index (χ0) is 22.2. The molecule has 1 N–H and O–H groups in total. The van der Waals surface area contributed by atoms with E-state index in [-0.39, 0.29) is 11.8 Å². The number of nitriles is 1. The fraction of sp³-hybridized carbons (Fsp3) is 0.375. The molecule has 3 rings (SSSR count). The van der Waals surface area contributed by atoms with Crippen molar-refractivity contribution < 1.29 is 19.1 Å². The molecule has 1 saturated heterocycles. The molecule has 0 aliphatic carbocycles. The summed E-state index contributed by atoms with van der Waals surface area (Å²) in [4.78, 5) is 27.3. The SMILES string of the molecule is COc1ccc(C(C#N)NC(=O)[C@@H]2CCCN2C(=O)CCc2ccccc2)cc1OC. The van der Waals surface area contributed by atoms with E-state index >= 15 is 0 Å². The van der Waals surface area contributed by atoms with Crippen LogP contribution in [0.25, 0.3) is 0 Å². The number of carbonyl (C=O) groups excluding carboxylic acids is 2. The van der Waals surface area contributed by atoms with Crippen LogP contribution in [0.5, 0.6) is 11.5 Å². The maximum atomic E-state index is 12.9. The van der Waals surface area contributed by atoms with Crippen LogP contribution in [-0.2, 0) is 16.0 Å². The Morgan fingerprint density at radius 2 is 1.90 bits per heavy atom. The smallest absolute Gasteiger partial charge is 0.244 e. The van der Waals surface area contributed by atoms with Crippen LogP contribution in [0.3, 0.4) is 0 Å². The summed E-state index contributed by atoms with van der Waals surface area (Å²) in [5, 5.41) is 12.4. The molecule has 0 aromatic heterocycles. The number of aryl methyl sites for hydroxylation is 1. The normalized spacial score (nSPS) is 16.3. The highest BCUT2D eigenvalue weighted by atomic mass is 16.5. The van der Waals surface area contributed by atoms with Crippen molar-refractivity contribution in [3.05, 3.63) is 59.7 Å². The summed E-state index contributed by atoms with van der Waals surface area (Å²) in [5.74, 6) is 0.668. The van der Waals surface area contributed by atoms with Gasteiger partial charge in [0.05, 0.1) is 20.3 Å². The van der Waals surface area contributed by atoms with E-state index < -0.39 is 12.1 Å². The number of hydrogen-bond donors (Lipinski definition) is 1. The van der Waals surface area contributed by atoms with Crippen molar-refractivity contribution in [3.63, 3.8) is 0 Å². The summed E-state index contributed by atoms with van der Waals surface area (Å²) in [6.45, 7) is 0.555. The zero-order valence-electron chi connectivity index (χ0n) is 17.8. The molecule has 7 nitrogen and oxygen atoms in total. The van der Waals surface area contributed by atoms with Crippen LogP contribution in [0.2, 0.25) is 0 Å². The quantitative estimate of drug-likeness (QED) is 0.707. The predicted molar refractivity (Wildman–Crippen MR) is 116 cm³/mol. The lowest BCUT2D eigenvalue weighted by Crippen LogP contribution is -2.46. The summed E-state index contributed by atoms with van der Waals surface area (Å²) in [7, 11) is 3.05. The summed E-state index contributed by atoms with van der Waals surface area (Å²) in [5.41, 5.74) is 1.68. The molecule has 7 heteroatoms. The van der Waals surface area contributed by atoms with Crippen LogP contribution in [0.4, 0.5) is 0 Å². The fourth-order valence-electron chi connectivity index (χ4n) is 3.84. The van der Waals surface area contributed by atoms with E-state index in [1.165, 1.54) is 14.2 Å². The van der Waals surface area contributed by atoms with Crippen LogP contribution in [0, 0.1) is 11.3 Å². The molecule has 31 heavy (non-hydrogen) atoms. The first-order valence-electron chi connectivity index (χ1n) is 10.3. The van der Waals surface area contributed by atoms with Gasteiger partial charge in [-0.15, -0.1) is 0 Å². The molecule has 2 atom stereocenters. The molecule has 0 spiro atoms. The Balaban J connectivity index is 1.65. The minimum absolute atomic E-state index is 0.0406. The largest absolute Gasteiger partial charge is 0.493 e. The predicted octanol–water partition coefficient (Wildman–Crippen LogP) is 3.01. The second-order valence-electron chi connectivity index (χ2n) is 7.42. The number of likely N-dealkylation sites (tertiary alicyclic amines) is 1. The van der Waals surface area contributed by atoms with Gasteiger partial charge in [0.25, 0.3) is 0 Å². The standard InChI is InChI=1S/C24H27N3O4/c1-30-21-12-11-18(15-22(21)31-2)19(16-25)26-24(29)20-9-6-14-27(20)23(28)13-10-17-7-4-3-5-8-17/h3-5,7-8,11-12,15,19-20H,6,9-10,13-14H2,1-2H3,(H,26,29)/t19?,20-/m0/s1. The third kappa shape index (κ3) is 5.34. The first-order valence-corrected chi connectivity index (χ1v) is 10.3. The van der Waals surface area contributed by atoms with Crippen molar-refractivity contribution in [2.24, 2.45) is 0 Å². The summed E-state index contributed by atoms with van der Waals surface area (Å²) >= 11 is 0. The van der Waals surface area contributed by atoms with Gasteiger partial charge < -0.3 is 19.7 Å². The first kappa shape index (κ1) is 22.2. The van der Waals surface area contributed by atoms with E-state index in [9.17, 15) is 14.9 Å². The minimum Gasteiger partial charge on any atom is -0.493 e. The highest BCUT2D eigenvalue weighted by molar-refractivity contribution is 5.88. The summed E-state index contributed by atoms with van der Waals surface area (Å²) in [6, 6.07) is 15.6. The van der Waals surface area contributed by atoms with Crippen molar-refractivity contribution in [3.8, 4) is 17.6 Å². The van der Waals surface area contributed by atoms with Crippen molar-refractivity contribution in [1.29, 1.82) is 5.26 Å². The van der Waals surface area contributed by atoms with Gasteiger partial charge in [-0.05, 0) is 42.5 Å². The lowest BCUT2D eigenvalue weighted by molar-refractivity contribution is -0.138. The van der Waals surface area contributed by atoms with Gasteiger partial charge in [-0.3, -0.25) is 9.59 Å². The van der Waals surface area contributed by atoms with E-state index in [0.717, 1.165) is 12.0 Å². The number of rotatable bonds is 8. The topological polar surface area (TPSA) is 91.7 Å². The molecule has 2 aromatic rings. The van der Waals surface area contributed by atoms with Gasteiger partial charge in [-0.1, -0.05) is 36.4 Å². The van der Waals surface area contributed by atoms with Gasteiger partial charge >= 0.3 is 0 Å². The minimum atomic E-state index is -0.853. The Kier molecular flexibility index (Phi) is 7.50. The van der Waals surface area contributed by atoms with Gasteiger partial charge in [-0.2, -0.15) is 5.26 Å². The number of nitrogens with zero attached hydrogens (tertiary/aromatic N) is 2. The maximum absolute atomic E-state index is 12.9. The zero-order valence-corrected chi connectivity index (χ0v) is 17.8. The van der Waals surface area contributed by atoms with Crippen LogP contribution in [0.15, 0.2) is 48.5 Å². The number of nitrogens with one attached hydrogen (secondary N) is 1. The van der Waals surface area contributed by atoms with Crippen LogP contribution < -0.4 is 14.8 Å². The van der Waals surface area contributed by atoms with Crippen molar-refractivity contribution in [1.82, 2.24) is 10.2 Å². The summed E-state index contributed by atoms with van der Waals surface area (Å²) in [6.07, 6.45) is 2.35. The number of methoxy groups -OCH3 is 2. The van der Waals surface area contributed by atoms with Crippen LogP contribution in [0.1, 0.15) is 36.4 Å². The van der Waals surface area contributed by atoms with E-state index in [2.05, 4.69) is 11.4 Å². The highest BCUT2D eigenvalue weighted by Crippen LogP contribution is 2.30. The Bertz CT molecular complexity index is 955. The average molecular weight is 421 g/mol. The van der Waals surface area contributed by atoms with Gasteiger partial charge in [0, 0.05) is 13.0 Å². The molecule has 0 bridgehead atoms. The van der Waals surface area contributed by atoms with Gasteiger partial charge in [-0.25, -0.2) is 0 Å². The third-order valence-electron chi connectivity index (χ3n) is 5.50. The van der Waals surface area contributed by atoms with E-state index in [4.69, 9.17) is 9.47 Å². The highest BCUT2D eigenvalue weighted by Gasteiger charge is 2.34. The molecular weight excluding hydrogens is 394 g/mol. The number of benzene rings is 2. The van der Waals surface area contributed by atoms with Crippen molar-refractivity contribution >= 4 is 11.8 Å². The molecule has 2 amide bonds. The summed E-state index contributed by atoms with van der Waals surface area (Å²) < 4.78 is 10.5. The molecule has 1 aliphatic rings. The lowest BCUT2D eigenvalue weighted by atomic mass is 10.1. The van der Waals surface area contributed by atoms with Crippen LogP contribution in [-0.4, -0.2) is 43.5 Å². The molecule has 1 unspecified atom stereocenters. The van der Waals surface area contributed by atoms with Crippen LogP contribution >= 0.6 is 0 Å². The van der Waals surface area contributed by atoms with E-state index in [1.807, 2.05) is 30.3 Å². The average Bonchev–Trinajstić information content (AvgIpc) is 3.31. The Morgan fingerprint density at radius 1 is 1.16 bits per heavy atom. The molecule has 0 saturated carbocycles. The van der Waals surface area contributed by atoms with E-state index in [0.29, 0.717) is 42.9 Å². The number of hydrogen-bond acceptors (Lipinski definition) is 5. The molecule has 0 radical (unpaired) electrons. The van der Waals surface area contributed by atoms with Gasteiger partial charge in [0.2, 0.25) is 11.8 Å². The van der Waals surface area contributed by atoms with Crippen molar-refractivity contribution in [2.75, 3.05) is 20.8 Å². The molecule has 1 fully saturated rings.